The minimum Gasteiger partial charge on any atom is -0.384 e. The Bertz CT molecular complexity index is 551. The van der Waals surface area contributed by atoms with E-state index in [4.69, 9.17) is 11.1 Å². The monoisotopic (exact) mass is 263 g/mol. The molecule has 94 valence electrons. The van der Waals surface area contributed by atoms with Crippen LogP contribution in [0.4, 0.5) is 10.1 Å². The normalized spacial score (nSPS) is 10.3. The number of hydrogen-bond acceptors (Lipinski definition) is 3. The van der Waals surface area contributed by atoms with Crippen molar-refractivity contribution in [3.8, 4) is 0 Å². The standard InChI is InChI=1S/C13H14FN3S/c1-17(7-9-5-6-18-8-9)11-4-2-3-10(14)12(11)13(15)16/h2-6,8H,7H2,1H3,(H3,15,16). The van der Waals surface area contributed by atoms with E-state index in [1.165, 1.54) is 6.07 Å². The quantitative estimate of drug-likeness (QED) is 0.658. The minimum atomic E-state index is -0.461. The van der Waals surface area contributed by atoms with E-state index >= 15 is 0 Å². The van der Waals surface area contributed by atoms with Crippen LogP contribution in [0.5, 0.6) is 0 Å². The molecule has 3 N–H and O–H groups in total. The summed E-state index contributed by atoms with van der Waals surface area (Å²) < 4.78 is 13.7. The average Bonchev–Trinajstić information content (AvgIpc) is 2.80. The second-order valence-electron chi connectivity index (χ2n) is 4.04. The lowest BCUT2D eigenvalue weighted by Gasteiger charge is -2.22. The van der Waals surface area contributed by atoms with Gasteiger partial charge in [-0.15, -0.1) is 0 Å². The van der Waals surface area contributed by atoms with E-state index < -0.39 is 5.82 Å². The summed E-state index contributed by atoms with van der Waals surface area (Å²) in [5.41, 5.74) is 7.39. The van der Waals surface area contributed by atoms with Crippen LogP contribution in [0.25, 0.3) is 0 Å². The molecule has 0 aliphatic carbocycles. The van der Waals surface area contributed by atoms with Gasteiger partial charge in [0.2, 0.25) is 0 Å². The van der Waals surface area contributed by atoms with Crippen LogP contribution in [0.1, 0.15) is 11.1 Å². The summed E-state index contributed by atoms with van der Waals surface area (Å²) in [5, 5.41) is 11.5. The van der Waals surface area contributed by atoms with Gasteiger partial charge in [0, 0.05) is 13.6 Å². The Labute approximate surface area is 109 Å². The summed E-state index contributed by atoms with van der Waals surface area (Å²) in [6, 6.07) is 6.74. The van der Waals surface area contributed by atoms with Crippen LogP contribution in [-0.4, -0.2) is 12.9 Å². The second kappa shape index (κ2) is 5.18. The summed E-state index contributed by atoms with van der Waals surface area (Å²) in [6.07, 6.45) is 0. The SMILES string of the molecule is CN(Cc1ccsc1)c1cccc(F)c1C(=N)N. The molecule has 1 heterocycles. The first-order chi connectivity index (χ1) is 8.59. The Morgan fingerprint density at radius 3 is 2.83 bits per heavy atom. The van der Waals surface area contributed by atoms with E-state index in [0.717, 1.165) is 5.56 Å². The van der Waals surface area contributed by atoms with Crippen molar-refractivity contribution in [1.29, 1.82) is 5.41 Å². The zero-order valence-electron chi connectivity index (χ0n) is 9.98. The molecule has 1 aromatic carbocycles. The molecule has 0 aliphatic heterocycles. The van der Waals surface area contributed by atoms with Crippen molar-refractivity contribution in [2.45, 2.75) is 6.54 Å². The summed E-state index contributed by atoms with van der Waals surface area (Å²) in [7, 11) is 1.86. The Morgan fingerprint density at radius 2 is 2.22 bits per heavy atom. The summed E-state index contributed by atoms with van der Waals surface area (Å²) in [5.74, 6) is -0.711. The van der Waals surface area contributed by atoms with Gasteiger partial charge in [0.15, 0.2) is 0 Å². The zero-order chi connectivity index (χ0) is 13.1. The van der Waals surface area contributed by atoms with Crippen LogP contribution in [-0.2, 0) is 6.54 Å². The molecule has 0 radical (unpaired) electrons. The second-order valence-corrected chi connectivity index (χ2v) is 4.82. The average molecular weight is 263 g/mol. The topological polar surface area (TPSA) is 53.1 Å². The third kappa shape index (κ3) is 2.51. The Kier molecular flexibility index (Phi) is 3.62. The maximum absolute atomic E-state index is 13.7. The smallest absolute Gasteiger partial charge is 0.136 e. The molecule has 0 aliphatic rings. The van der Waals surface area contributed by atoms with Crippen molar-refractivity contribution in [2.24, 2.45) is 5.73 Å². The van der Waals surface area contributed by atoms with E-state index in [1.807, 2.05) is 28.8 Å². The first kappa shape index (κ1) is 12.6. The molecule has 0 saturated heterocycles. The van der Waals surface area contributed by atoms with Gasteiger partial charge in [0.05, 0.1) is 11.3 Å². The lowest BCUT2D eigenvalue weighted by Crippen LogP contribution is -2.23. The fourth-order valence-electron chi connectivity index (χ4n) is 1.84. The van der Waals surface area contributed by atoms with Crippen LogP contribution in [0.3, 0.4) is 0 Å². The van der Waals surface area contributed by atoms with Gasteiger partial charge in [-0.25, -0.2) is 4.39 Å². The highest BCUT2D eigenvalue weighted by atomic mass is 32.1. The lowest BCUT2D eigenvalue weighted by atomic mass is 10.1. The van der Waals surface area contributed by atoms with Crippen LogP contribution >= 0.6 is 11.3 Å². The van der Waals surface area contributed by atoms with Crippen molar-refractivity contribution >= 4 is 22.9 Å². The predicted octanol–water partition coefficient (Wildman–Crippen LogP) is 2.81. The molecule has 3 nitrogen and oxygen atoms in total. The van der Waals surface area contributed by atoms with Gasteiger partial charge >= 0.3 is 0 Å². The predicted molar refractivity (Wildman–Crippen MR) is 73.8 cm³/mol. The maximum Gasteiger partial charge on any atom is 0.136 e. The van der Waals surface area contributed by atoms with Gasteiger partial charge in [-0.3, -0.25) is 5.41 Å². The van der Waals surface area contributed by atoms with Gasteiger partial charge in [0.1, 0.15) is 11.7 Å². The third-order valence-corrected chi connectivity index (χ3v) is 3.40. The molecule has 0 fully saturated rings. The summed E-state index contributed by atoms with van der Waals surface area (Å²) in [6.45, 7) is 0.660. The molecular weight excluding hydrogens is 249 g/mol. The van der Waals surface area contributed by atoms with Gasteiger partial charge in [-0.05, 0) is 34.5 Å². The minimum absolute atomic E-state index is 0.162. The number of nitrogens with two attached hydrogens (primary N) is 1. The van der Waals surface area contributed by atoms with E-state index in [2.05, 4.69) is 0 Å². The molecule has 2 rings (SSSR count). The number of thiophene rings is 1. The number of nitrogen functional groups attached to an aromatic ring is 1. The molecule has 18 heavy (non-hydrogen) atoms. The Morgan fingerprint density at radius 1 is 1.44 bits per heavy atom. The number of amidine groups is 1. The fraction of sp³-hybridized carbons (Fsp3) is 0.154. The van der Waals surface area contributed by atoms with Gasteiger partial charge < -0.3 is 10.6 Å². The number of anilines is 1. The molecule has 2 aromatic rings. The fourth-order valence-corrected chi connectivity index (χ4v) is 2.50. The molecule has 0 unspecified atom stereocenters. The molecular formula is C13H14FN3S. The van der Waals surface area contributed by atoms with Gasteiger partial charge in [0.25, 0.3) is 0 Å². The summed E-state index contributed by atoms with van der Waals surface area (Å²) in [4.78, 5) is 1.89. The van der Waals surface area contributed by atoms with E-state index in [1.54, 1.807) is 23.5 Å². The van der Waals surface area contributed by atoms with Gasteiger partial charge in [-0.2, -0.15) is 11.3 Å². The third-order valence-electron chi connectivity index (χ3n) is 2.67. The first-order valence-corrected chi connectivity index (χ1v) is 6.39. The number of rotatable bonds is 4. The Hall–Kier alpha value is -1.88. The molecule has 1 aromatic heterocycles. The number of hydrogen-bond donors (Lipinski definition) is 2. The molecule has 0 saturated carbocycles. The number of halogens is 1. The van der Waals surface area contributed by atoms with Crippen LogP contribution in [0.2, 0.25) is 0 Å². The van der Waals surface area contributed by atoms with Crippen molar-refractivity contribution in [2.75, 3.05) is 11.9 Å². The van der Waals surface area contributed by atoms with Crippen molar-refractivity contribution < 1.29 is 4.39 Å². The highest BCUT2D eigenvalue weighted by Gasteiger charge is 2.14. The number of benzene rings is 1. The van der Waals surface area contributed by atoms with Crippen molar-refractivity contribution in [3.63, 3.8) is 0 Å². The first-order valence-electron chi connectivity index (χ1n) is 5.44. The molecule has 0 atom stereocenters. The molecule has 0 amide bonds. The Balaban J connectivity index is 2.32. The van der Waals surface area contributed by atoms with E-state index in [9.17, 15) is 4.39 Å². The van der Waals surface area contributed by atoms with Crippen LogP contribution in [0.15, 0.2) is 35.0 Å². The highest BCUT2D eigenvalue weighted by molar-refractivity contribution is 7.07. The lowest BCUT2D eigenvalue weighted by molar-refractivity contribution is 0.624. The van der Waals surface area contributed by atoms with Crippen molar-refractivity contribution in [3.05, 3.63) is 52.0 Å². The van der Waals surface area contributed by atoms with Crippen LogP contribution < -0.4 is 10.6 Å². The van der Waals surface area contributed by atoms with E-state index in [0.29, 0.717) is 12.2 Å². The van der Waals surface area contributed by atoms with Gasteiger partial charge in [-0.1, -0.05) is 6.07 Å². The highest BCUT2D eigenvalue weighted by Crippen LogP contribution is 2.23. The molecule has 0 bridgehead atoms. The summed E-state index contributed by atoms with van der Waals surface area (Å²) >= 11 is 1.62. The van der Waals surface area contributed by atoms with Crippen molar-refractivity contribution in [1.82, 2.24) is 0 Å². The van der Waals surface area contributed by atoms with Crippen LogP contribution in [0, 0.1) is 11.2 Å². The van der Waals surface area contributed by atoms with E-state index in [-0.39, 0.29) is 11.4 Å². The number of nitrogens with zero attached hydrogens (tertiary/aromatic N) is 1. The molecule has 0 spiro atoms. The maximum atomic E-state index is 13.7. The zero-order valence-corrected chi connectivity index (χ0v) is 10.8. The largest absolute Gasteiger partial charge is 0.384 e. The molecule has 5 heteroatoms. The number of nitrogens with one attached hydrogen (secondary N) is 1.